The van der Waals surface area contributed by atoms with E-state index in [-0.39, 0.29) is 18.8 Å². The third kappa shape index (κ3) is 41.0. The van der Waals surface area contributed by atoms with E-state index in [0.29, 0.717) is 19.8 Å². The minimum absolute atomic E-state index is 0.200. The van der Waals surface area contributed by atoms with Gasteiger partial charge in [-0.2, -0.15) is 0 Å². The Labute approximate surface area is 306 Å². The molecule has 0 saturated carbocycles. The first-order valence-electron chi connectivity index (χ1n) is 21.6. The topological polar surface area (TPSA) is 56.8 Å². The fourth-order valence-corrected chi connectivity index (χ4v) is 6.00. The molecule has 5 nitrogen and oxygen atoms in total. The van der Waals surface area contributed by atoms with E-state index < -0.39 is 0 Å². The quantitative estimate of drug-likeness (QED) is 0.0513. The number of amides is 1. The van der Waals surface area contributed by atoms with E-state index in [1.54, 1.807) is 0 Å². The van der Waals surface area contributed by atoms with Gasteiger partial charge < -0.3 is 19.5 Å². The number of carbonyl (C=O) groups excluding carboxylic acids is 1. The lowest BCUT2D eigenvalue weighted by molar-refractivity contribution is -0.0468. The summed E-state index contributed by atoms with van der Waals surface area (Å²) in [5, 5.41) is 2.83. The maximum atomic E-state index is 12.1. The molecule has 0 bridgehead atoms. The van der Waals surface area contributed by atoms with Crippen LogP contribution in [0.25, 0.3) is 0 Å². The SMILES string of the molecule is CCCCCCCC/C=C\CCCCCCCCOCC(COC(=O)NCCCC)OCCCCCCCC/C=C\CCCCCCCC. The monoisotopic (exact) mass is 692 g/mol. The van der Waals surface area contributed by atoms with Crippen LogP contribution in [0.5, 0.6) is 0 Å². The fraction of sp³-hybridized carbons (Fsp3) is 0.886. The molecular formula is C44H85NO4. The number of alkyl carbamates (subject to hydrolysis) is 1. The minimum Gasteiger partial charge on any atom is -0.447 e. The molecule has 0 aliphatic heterocycles. The van der Waals surface area contributed by atoms with Gasteiger partial charge in [0.25, 0.3) is 0 Å². The van der Waals surface area contributed by atoms with Crippen molar-refractivity contribution in [3.8, 4) is 0 Å². The van der Waals surface area contributed by atoms with Gasteiger partial charge in [0, 0.05) is 19.8 Å². The second kappa shape index (κ2) is 42.8. The Balaban J connectivity index is 3.88. The van der Waals surface area contributed by atoms with Crippen LogP contribution in [0.15, 0.2) is 24.3 Å². The van der Waals surface area contributed by atoms with Crippen molar-refractivity contribution in [2.45, 2.75) is 219 Å². The number of rotatable bonds is 40. The lowest BCUT2D eigenvalue weighted by Gasteiger charge is -2.18. The predicted molar refractivity (Wildman–Crippen MR) is 214 cm³/mol. The van der Waals surface area contributed by atoms with Crippen LogP contribution in [-0.4, -0.2) is 45.2 Å². The molecule has 0 heterocycles. The van der Waals surface area contributed by atoms with Crippen LogP contribution in [0.3, 0.4) is 0 Å². The maximum Gasteiger partial charge on any atom is 0.407 e. The normalized spacial score (nSPS) is 12.4. The fourth-order valence-electron chi connectivity index (χ4n) is 6.00. The highest BCUT2D eigenvalue weighted by Crippen LogP contribution is 2.12. The van der Waals surface area contributed by atoms with Gasteiger partial charge >= 0.3 is 6.09 Å². The van der Waals surface area contributed by atoms with Crippen molar-refractivity contribution in [3.05, 3.63) is 24.3 Å². The van der Waals surface area contributed by atoms with E-state index in [1.165, 1.54) is 167 Å². The first-order valence-corrected chi connectivity index (χ1v) is 21.6. The van der Waals surface area contributed by atoms with Crippen LogP contribution in [0, 0.1) is 0 Å². The lowest BCUT2D eigenvalue weighted by atomic mass is 10.1. The molecule has 290 valence electrons. The van der Waals surface area contributed by atoms with Crippen LogP contribution >= 0.6 is 0 Å². The van der Waals surface area contributed by atoms with E-state index in [0.717, 1.165) is 32.3 Å². The minimum atomic E-state index is -0.354. The molecule has 0 rings (SSSR count). The Morgan fingerprint density at radius 2 is 0.857 bits per heavy atom. The van der Waals surface area contributed by atoms with Crippen molar-refractivity contribution in [2.75, 3.05) is 33.0 Å². The predicted octanol–water partition coefficient (Wildman–Crippen LogP) is 14.0. The summed E-state index contributed by atoms with van der Waals surface area (Å²) in [6, 6.07) is 0. The Hall–Kier alpha value is -1.33. The number of hydrogen-bond donors (Lipinski definition) is 1. The average Bonchev–Trinajstić information content (AvgIpc) is 3.11. The van der Waals surface area contributed by atoms with Gasteiger partial charge in [0.05, 0.1) is 6.61 Å². The zero-order valence-electron chi connectivity index (χ0n) is 33.3. The molecule has 0 aliphatic rings. The summed E-state index contributed by atoms with van der Waals surface area (Å²) in [5.41, 5.74) is 0. The summed E-state index contributed by atoms with van der Waals surface area (Å²) in [7, 11) is 0. The summed E-state index contributed by atoms with van der Waals surface area (Å²) >= 11 is 0. The first-order chi connectivity index (χ1) is 24.2. The number of carbonyl (C=O) groups is 1. The van der Waals surface area contributed by atoms with Crippen molar-refractivity contribution < 1.29 is 19.0 Å². The van der Waals surface area contributed by atoms with E-state index in [2.05, 4.69) is 50.4 Å². The number of unbranched alkanes of at least 4 members (excludes halogenated alkanes) is 25. The molecular weight excluding hydrogens is 606 g/mol. The molecule has 1 atom stereocenters. The van der Waals surface area contributed by atoms with Gasteiger partial charge in [-0.15, -0.1) is 0 Å². The third-order valence-electron chi connectivity index (χ3n) is 9.31. The third-order valence-corrected chi connectivity index (χ3v) is 9.31. The summed E-state index contributed by atoms with van der Waals surface area (Å²) in [5.74, 6) is 0. The van der Waals surface area contributed by atoms with Gasteiger partial charge in [-0.05, 0) is 70.6 Å². The molecule has 0 fully saturated rings. The van der Waals surface area contributed by atoms with Crippen molar-refractivity contribution in [2.24, 2.45) is 0 Å². The molecule has 0 spiro atoms. The average molecular weight is 692 g/mol. The van der Waals surface area contributed by atoms with Crippen LogP contribution in [0.1, 0.15) is 213 Å². The van der Waals surface area contributed by atoms with Crippen LogP contribution in [0.2, 0.25) is 0 Å². The van der Waals surface area contributed by atoms with Crippen molar-refractivity contribution >= 4 is 6.09 Å². The first kappa shape index (κ1) is 47.7. The van der Waals surface area contributed by atoms with Gasteiger partial charge in [-0.25, -0.2) is 4.79 Å². The summed E-state index contributed by atoms with van der Waals surface area (Å²) in [6.07, 6.45) is 47.5. The number of nitrogens with one attached hydrogen (secondary N) is 1. The second-order valence-electron chi connectivity index (χ2n) is 14.3. The molecule has 5 heteroatoms. The molecule has 0 aromatic rings. The summed E-state index contributed by atoms with van der Waals surface area (Å²) in [6.45, 7) is 9.51. The molecule has 49 heavy (non-hydrogen) atoms. The Kier molecular flexibility index (Phi) is 41.7. The Morgan fingerprint density at radius 3 is 1.31 bits per heavy atom. The lowest BCUT2D eigenvalue weighted by Crippen LogP contribution is -2.32. The molecule has 1 amide bonds. The molecule has 1 N–H and O–H groups in total. The Morgan fingerprint density at radius 1 is 0.469 bits per heavy atom. The zero-order chi connectivity index (χ0) is 35.6. The highest BCUT2D eigenvalue weighted by atomic mass is 16.6. The number of allylic oxidation sites excluding steroid dienone is 4. The highest BCUT2D eigenvalue weighted by Gasteiger charge is 2.13. The molecule has 0 aromatic carbocycles. The van der Waals surface area contributed by atoms with Crippen LogP contribution < -0.4 is 5.32 Å². The highest BCUT2D eigenvalue weighted by molar-refractivity contribution is 5.67. The standard InChI is InChI=1S/C44H85NO4/c1-4-7-10-12-14-16-18-20-22-24-26-28-30-32-34-36-39-47-41-43(42-49-44(46)45-38-9-6-3)48-40-37-35-33-31-29-27-25-23-21-19-17-15-13-11-8-5-2/h20-23,43H,4-19,24-42H2,1-3H3,(H,45,46)/b22-20-,23-21-. The van der Waals surface area contributed by atoms with Gasteiger partial charge in [-0.3, -0.25) is 0 Å². The van der Waals surface area contributed by atoms with Crippen molar-refractivity contribution in [1.29, 1.82) is 0 Å². The maximum absolute atomic E-state index is 12.1. The Bertz CT molecular complexity index is 694. The summed E-state index contributed by atoms with van der Waals surface area (Å²) in [4.78, 5) is 12.1. The van der Waals surface area contributed by atoms with E-state index >= 15 is 0 Å². The van der Waals surface area contributed by atoms with E-state index in [1.807, 2.05) is 0 Å². The largest absolute Gasteiger partial charge is 0.447 e. The molecule has 0 radical (unpaired) electrons. The molecule has 0 aliphatic carbocycles. The number of ether oxygens (including phenoxy) is 3. The van der Waals surface area contributed by atoms with Gasteiger partial charge in [0.1, 0.15) is 12.7 Å². The smallest absolute Gasteiger partial charge is 0.407 e. The van der Waals surface area contributed by atoms with Gasteiger partial charge in [0.15, 0.2) is 0 Å². The molecule has 0 aromatic heterocycles. The van der Waals surface area contributed by atoms with Crippen molar-refractivity contribution in [3.63, 3.8) is 0 Å². The van der Waals surface area contributed by atoms with Crippen LogP contribution in [0.4, 0.5) is 4.79 Å². The second-order valence-corrected chi connectivity index (χ2v) is 14.3. The molecule has 1 unspecified atom stereocenters. The van der Waals surface area contributed by atoms with Gasteiger partial charge in [0.2, 0.25) is 0 Å². The van der Waals surface area contributed by atoms with E-state index in [9.17, 15) is 4.79 Å². The number of hydrogen-bond acceptors (Lipinski definition) is 4. The van der Waals surface area contributed by atoms with Gasteiger partial charge in [-0.1, -0.05) is 167 Å². The molecule has 0 saturated heterocycles. The van der Waals surface area contributed by atoms with Crippen molar-refractivity contribution in [1.82, 2.24) is 5.32 Å². The zero-order valence-corrected chi connectivity index (χ0v) is 33.3. The van der Waals surface area contributed by atoms with Crippen LogP contribution in [-0.2, 0) is 14.2 Å². The van der Waals surface area contributed by atoms with E-state index in [4.69, 9.17) is 14.2 Å². The summed E-state index contributed by atoms with van der Waals surface area (Å²) < 4.78 is 17.6.